The maximum absolute atomic E-state index is 12.5. The summed E-state index contributed by atoms with van der Waals surface area (Å²) < 4.78 is 5.08. The Morgan fingerprint density at radius 3 is 2.67 bits per heavy atom. The molecule has 0 amide bonds. The highest BCUT2D eigenvalue weighted by Crippen LogP contribution is 2.34. The molecular weight excluding hydrogens is 300 g/mol. The van der Waals surface area contributed by atoms with E-state index in [2.05, 4.69) is 29.9 Å². The molecule has 3 rings (SSSR count). The average Bonchev–Trinajstić information content (AvgIpc) is 2.99. The van der Waals surface area contributed by atoms with Gasteiger partial charge in [0.15, 0.2) is 5.78 Å². The first-order valence-electron chi connectivity index (χ1n) is 9.07. The Kier molecular flexibility index (Phi) is 5.36. The zero-order valence-corrected chi connectivity index (χ0v) is 15.0. The van der Waals surface area contributed by atoms with Crippen molar-refractivity contribution in [2.24, 2.45) is 0 Å². The molecular formula is C20H28N2O2. The lowest BCUT2D eigenvalue weighted by Crippen LogP contribution is -2.41. The Hall–Kier alpha value is -1.65. The van der Waals surface area contributed by atoms with Crippen LogP contribution in [0, 0.1) is 0 Å². The van der Waals surface area contributed by atoms with E-state index in [1.54, 1.807) is 7.11 Å². The van der Waals surface area contributed by atoms with Gasteiger partial charge in [0.2, 0.25) is 0 Å². The maximum atomic E-state index is 12.5. The lowest BCUT2D eigenvalue weighted by molar-refractivity contribution is 0.0846. The number of hydrogen-bond donors (Lipinski definition) is 1. The second-order valence-electron chi connectivity index (χ2n) is 6.78. The third-order valence-electron chi connectivity index (χ3n) is 5.05. The minimum absolute atomic E-state index is 0.0831. The molecule has 0 saturated heterocycles. The number of carbonyl (C=O) groups is 1. The first kappa shape index (κ1) is 17.2. The lowest BCUT2D eigenvalue weighted by Gasteiger charge is -2.34. The quantitative estimate of drug-likeness (QED) is 0.753. The molecule has 1 heterocycles. The molecule has 4 nitrogen and oxygen atoms in total. The third-order valence-corrected chi connectivity index (χ3v) is 5.05. The van der Waals surface area contributed by atoms with Gasteiger partial charge >= 0.3 is 0 Å². The summed E-state index contributed by atoms with van der Waals surface area (Å²) in [6, 6.07) is 4.47. The molecule has 0 radical (unpaired) electrons. The summed E-state index contributed by atoms with van der Waals surface area (Å²) in [5.74, 6) is 0.0831. The molecule has 1 aliphatic rings. The minimum Gasteiger partial charge on any atom is -0.377 e. The number of nitrogens with one attached hydrogen (secondary N) is 1. The molecule has 1 aromatic carbocycles. The van der Waals surface area contributed by atoms with Gasteiger partial charge in [-0.3, -0.25) is 9.69 Å². The highest BCUT2D eigenvalue weighted by Gasteiger charge is 2.28. The van der Waals surface area contributed by atoms with Gasteiger partial charge < -0.3 is 9.72 Å². The number of aromatic nitrogens is 1. The monoisotopic (exact) mass is 328 g/mol. The number of ether oxygens (including phenoxy) is 1. The van der Waals surface area contributed by atoms with Crippen molar-refractivity contribution >= 4 is 16.7 Å². The summed E-state index contributed by atoms with van der Waals surface area (Å²) in [5, 5.41) is 1.26. The van der Waals surface area contributed by atoms with Gasteiger partial charge in [-0.1, -0.05) is 13.8 Å². The van der Waals surface area contributed by atoms with Gasteiger partial charge in [0.25, 0.3) is 0 Å². The van der Waals surface area contributed by atoms with Crippen molar-refractivity contribution in [2.45, 2.75) is 45.6 Å². The molecule has 0 spiro atoms. The topological polar surface area (TPSA) is 45.3 Å². The third kappa shape index (κ3) is 3.13. The number of aromatic amines is 1. The Morgan fingerprint density at radius 2 is 2.00 bits per heavy atom. The van der Waals surface area contributed by atoms with Gasteiger partial charge in [-0.2, -0.15) is 0 Å². The largest absolute Gasteiger partial charge is 0.377 e. The SMILES string of the molecule is CCCN(CCC)C1Cc2c[nH]c3ccc(C(=O)COC)c(c23)C1. The molecule has 1 atom stereocenters. The van der Waals surface area contributed by atoms with Crippen LogP contribution in [0.4, 0.5) is 0 Å². The number of hydrogen-bond acceptors (Lipinski definition) is 3. The normalized spacial score (nSPS) is 16.9. The van der Waals surface area contributed by atoms with E-state index in [0.29, 0.717) is 6.04 Å². The van der Waals surface area contributed by atoms with E-state index in [4.69, 9.17) is 4.74 Å². The molecule has 0 fully saturated rings. The van der Waals surface area contributed by atoms with Crippen molar-refractivity contribution in [2.75, 3.05) is 26.8 Å². The van der Waals surface area contributed by atoms with E-state index in [1.807, 2.05) is 12.1 Å². The van der Waals surface area contributed by atoms with Crippen molar-refractivity contribution in [1.82, 2.24) is 9.88 Å². The van der Waals surface area contributed by atoms with Crippen LogP contribution in [0.3, 0.4) is 0 Å². The maximum Gasteiger partial charge on any atom is 0.188 e. The van der Waals surface area contributed by atoms with Crippen LogP contribution < -0.4 is 0 Å². The van der Waals surface area contributed by atoms with Crippen LogP contribution >= 0.6 is 0 Å². The Morgan fingerprint density at radius 1 is 1.25 bits per heavy atom. The number of rotatable bonds is 8. The van der Waals surface area contributed by atoms with Crippen LogP contribution in [0.2, 0.25) is 0 Å². The zero-order chi connectivity index (χ0) is 17.1. The van der Waals surface area contributed by atoms with Crippen molar-refractivity contribution in [3.63, 3.8) is 0 Å². The molecule has 1 unspecified atom stereocenters. The molecule has 130 valence electrons. The van der Waals surface area contributed by atoms with Crippen molar-refractivity contribution in [3.05, 3.63) is 35.0 Å². The molecule has 1 aliphatic carbocycles. The van der Waals surface area contributed by atoms with E-state index >= 15 is 0 Å². The second-order valence-corrected chi connectivity index (χ2v) is 6.78. The molecule has 0 aliphatic heterocycles. The Labute approximate surface area is 144 Å². The minimum atomic E-state index is 0.0831. The predicted molar refractivity (Wildman–Crippen MR) is 97.9 cm³/mol. The standard InChI is InChI=1S/C20H28N2O2/c1-4-8-22(9-5-2)15-10-14-12-21-18-7-6-16(19(23)13-24-3)17(11-15)20(14)18/h6-7,12,15,21H,4-5,8-11,13H2,1-3H3. The molecule has 24 heavy (non-hydrogen) atoms. The highest BCUT2D eigenvalue weighted by molar-refractivity contribution is 6.04. The fraction of sp³-hybridized carbons (Fsp3) is 0.550. The summed E-state index contributed by atoms with van der Waals surface area (Å²) in [7, 11) is 1.58. The van der Waals surface area contributed by atoms with E-state index in [1.165, 1.54) is 16.5 Å². The first-order valence-corrected chi connectivity index (χ1v) is 9.07. The Balaban J connectivity index is 2.00. The zero-order valence-electron chi connectivity index (χ0n) is 15.0. The number of nitrogens with zero attached hydrogens (tertiary/aromatic N) is 1. The van der Waals surface area contributed by atoms with Gasteiger partial charge in [0.05, 0.1) is 0 Å². The molecule has 4 heteroatoms. The number of H-pyrrole nitrogens is 1. The Bertz CT molecular complexity index is 714. The number of Topliss-reactive ketones (excluding diaryl/α,β-unsaturated/α-hetero) is 1. The lowest BCUT2D eigenvalue weighted by atomic mass is 9.84. The fourth-order valence-corrected chi connectivity index (χ4v) is 4.09. The van der Waals surface area contributed by atoms with E-state index in [0.717, 1.165) is 49.9 Å². The summed E-state index contributed by atoms with van der Waals surface area (Å²) in [6.07, 6.45) is 6.47. The van der Waals surface area contributed by atoms with E-state index < -0.39 is 0 Å². The van der Waals surface area contributed by atoms with Crippen LogP contribution in [0.25, 0.3) is 10.9 Å². The van der Waals surface area contributed by atoms with Gasteiger partial charge in [0.1, 0.15) is 6.61 Å². The van der Waals surface area contributed by atoms with Gasteiger partial charge in [0, 0.05) is 35.8 Å². The van der Waals surface area contributed by atoms with Gasteiger partial charge in [-0.15, -0.1) is 0 Å². The van der Waals surface area contributed by atoms with Crippen LogP contribution in [-0.2, 0) is 17.6 Å². The van der Waals surface area contributed by atoms with Crippen LogP contribution in [0.1, 0.15) is 48.2 Å². The number of benzene rings is 1. The first-order chi connectivity index (χ1) is 11.7. The summed E-state index contributed by atoms with van der Waals surface area (Å²) in [4.78, 5) is 18.5. The summed E-state index contributed by atoms with van der Waals surface area (Å²) in [6.45, 7) is 6.87. The molecule has 0 saturated carbocycles. The number of carbonyl (C=O) groups excluding carboxylic acids is 1. The van der Waals surface area contributed by atoms with Crippen LogP contribution in [-0.4, -0.2) is 48.5 Å². The molecule has 0 bridgehead atoms. The smallest absolute Gasteiger partial charge is 0.188 e. The van der Waals surface area contributed by atoms with E-state index in [9.17, 15) is 4.79 Å². The summed E-state index contributed by atoms with van der Waals surface area (Å²) >= 11 is 0. The second kappa shape index (κ2) is 7.49. The van der Waals surface area contributed by atoms with E-state index in [-0.39, 0.29) is 12.4 Å². The van der Waals surface area contributed by atoms with Gasteiger partial charge in [-0.05, 0) is 62.0 Å². The van der Waals surface area contributed by atoms with Crippen LogP contribution in [0.15, 0.2) is 18.3 Å². The molecule has 1 N–H and O–H groups in total. The molecule has 2 aromatic rings. The summed E-state index contributed by atoms with van der Waals surface area (Å²) in [5.41, 5.74) is 4.53. The fourth-order valence-electron chi connectivity index (χ4n) is 4.09. The number of methoxy groups -OCH3 is 1. The van der Waals surface area contributed by atoms with Gasteiger partial charge in [-0.25, -0.2) is 0 Å². The van der Waals surface area contributed by atoms with Crippen LogP contribution in [0.5, 0.6) is 0 Å². The average molecular weight is 328 g/mol. The molecule has 1 aromatic heterocycles. The van der Waals surface area contributed by atoms with Crippen molar-refractivity contribution < 1.29 is 9.53 Å². The van der Waals surface area contributed by atoms with Crippen molar-refractivity contribution in [1.29, 1.82) is 0 Å². The predicted octanol–water partition coefficient (Wildman–Crippen LogP) is 3.59. The highest BCUT2D eigenvalue weighted by atomic mass is 16.5. The number of ketones is 1. The van der Waals surface area contributed by atoms with Crippen molar-refractivity contribution in [3.8, 4) is 0 Å².